The van der Waals surface area contributed by atoms with Gasteiger partial charge in [-0.2, -0.15) is 5.26 Å². The number of thioether (sulfide) groups is 1. The fourth-order valence-electron chi connectivity index (χ4n) is 1.63. The van der Waals surface area contributed by atoms with Crippen molar-refractivity contribution in [3.8, 4) is 6.07 Å². The maximum absolute atomic E-state index is 12.1. The van der Waals surface area contributed by atoms with E-state index in [1.54, 1.807) is 42.1 Å². The number of hydrogen-bond acceptors (Lipinski definition) is 3. The van der Waals surface area contributed by atoms with E-state index < -0.39 is 0 Å². The Morgan fingerprint density at radius 3 is 2.50 bits per heavy atom. The fraction of sp³-hybridized carbons (Fsp3) is 0.0667. The lowest BCUT2D eigenvalue weighted by atomic mass is 10.2. The molecule has 0 bridgehead atoms. The van der Waals surface area contributed by atoms with E-state index in [1.165, 1.54) is 0 Å². The molecule has 0 aromatic heterocycles. The monoisotopic (exact) mass is 302 g/mol. The first-order valence-electron chi connectivity index (χ1n) is 5.79. The summed E-state index contributed by atoms with van der Waals surface area (Å²) < 4.78 is 0. The molecule has 3 nitrogen and oxygen atoms in total. The summed E-state index contributed by atoms with van der Waals surface area (Å²) in [6, 6.07) is 14.1. The smallest absolute Gasteiger partial charge is 0.255 e. The molecule has 2 aromatic carbocycles. The largest absolute Gasteiger partial charge is 0.322 e. The SMILES string of the molecule is CSc1ccc(C(=O)Nc2ccc(C#N)c(Cl)c2)cc1. The molecule has 1 amide bonds. The molecule has 0 saturated heterocycles. The van der Waals surface area contributed by atoms with Gasteiger partial charge in [0.25, 0.3) is 5.91 Å². The molecule has 0 aliphatic rings. The van der Waals surface area contributed by atoms with Crippen molar-refractivity contribution in [3.05, 3.63) is 58.6 Å². The number of benzene rings is 2. The number of nitriles is 1. The molecule has 0 unspecified atom stereocenters. The van der Waals surface area contributed by atoms with Crippen LogP contribution in [0.4, 0.5) is 5.69 Å². The molecule has 0 atom stereocenters. The molecule has 5 heteroatoms. The van der Waals surface area contributed by atoms with Gasteiger partial charge in [0.2, 0.25) is 0 Å². The molecule has 0 aliphatic carbocycles. The second kappa shape index (κ2) is 6.47. The van der Waals surface area contributed by atoms with Crippen LogP contribution in [0.3, 0.4) is 0 Å². The molecule has 2 aromatic rings. The van der Waals surface area contributed by atoms with Gasteiger partial charge in [-0.25, -0.2) is 0 Å². The summed E-state index contributed by atoms with van der Waals surface area (Å²) in [5.41, 5.74) is 1.52. The van der Waals surface area contributed by atoms with E-state index in [1.807, 2.05) is 24.5 Å². The van der Waals surface area contributed by atoms with E-state index in [9.17, 15) is 4.79 Å². The third-order valence-corrected chi connectivity index (χ3v) is 3.76. The first-order chi connectivity index (χ1) is 9.63. The number of carbonyl (C=O) groups is 1. The first kappa shape index (κ1) is 14.4. The van der Waals surface area contributed by atoms with Crippen LogP contribution in [-0.2, 0) is 0 Å². The molecular weight excluding hydrogens is 292 g/mol. The van der Waals surface area contributed by atoms with Crippen LogP contribution in [0.2, 0.25) is 5.02 Å². The number of hydrogen-bond donors (Lipinski definition) is 1. The molecule has 0 aliphatic heterocycles. The van der Waals surface area contributed by atoms with Crippen molar-refractivity contribution in [2.45, 2.75) is 4.90 Å². The molecule has 0 fully saturated rings. The second-order valence-corrected chi connectivity index (χ2v) is 5.28. The van der Waals surface area contributed by atoms with Gasteiger partial charge in [-0.05, 0) is 48.7 Å². The minimum atomic E-state index is -0.210. The Hall–Kier alpha value is -1.96. The Morgan fingerprint density at radius 2 is 1.95 bits per heavy atom. The van der Waals surface area contributed by atoms with Gasteiger partial charge < -0.3 is 5.32 Å². The van der Waals surface area contributed by atoms with Crippen LogP contribution in [0.1, 0.15) is 15.9 Å². The number of amides is 1. The minimum absolute atomic E-state index is 0.210. The maximum atomic E-state index is 12.1. The zero-order valence-electron chi connectivity index (χ0n) is 10.7. The maximum Gasteiger partial charge on any atom is 0.255 e. The number of rotatable bonds is 3. The molecule has 0 saturated carbocycles. The van der Waals surface area contributed by atoms with Crippen molar-refractivity contribution < 1.29 is 4.79 Å². The number of carbonyl (C=O) groups excluding carboxylic acids is 1. The lowest BCUT2D eigenvalue weighted by Crippen LogP contribution is -2.11. The van der Waals surface area contributed by atoms with E-state index in [2.05, 4.69) is 5.32 Å². The van der Waals surface area contributed by atoms with Crippen LogP contribution in [-0.4, -0.2) is 12.2 Å². The Bertz CT molecular complexity index is 677. The lowest BCUT2D eigenvalue weighted by molar-refractivity contribution is 0.102. The van der Waals surface area contributed by atoms with Gasteiger partial charge in [0.05, 0.1) is 10.6 Å². The Kier molecular flexibility index (Phi) is 4.67. The van der Waals surface area contributed by atoms with E-state index in [0.29, 0.717) is 21.8 Å². The van der Waals surface area contributed by atoms with Crippen LogP contribution in [0.15, 0.2) is 47.4 Å². The topological polar surface area (TPSA) is 52.9 Å². The summed E-state index contributed by atoms with van der Waals surface area (Å²) in [5, 5.41) is 11.9. The lowest BCUT2D eigenvalue weighted by Gasteiger charge is -2.06. The van der Waals surface area contributed by atoms with E-state index in [4.69, 9.17) is 16.9 Å². The third-order valence-electron chi connectivity index (χ3n) is 2.70. The van der Waals surface area contributed by atoms with Crippen LogP contribution in [0.5, 0.6) is 0 Å². The quantitative estimate of drug-likeness (QED) is 0.865. The van der Waals surface area contributed by atoms with Gasteiger partial charge in [-0.3, -0.25) is 4.79 Å². The Labute approximate surface area is 126 Å². The van der Waals surface area contributed by atoms with Crippen LogP contribution >= 0.6 is 23.4 Å². The predicted molar refractivity (Wildman–Crippen MR) is 82.3 cm³/mol. The summed E-state index contributed by atoms with van der Waals surface area (Å²) in [6.45, 7) is 0. The molecule has 0 radical (unpaired) electrons. The number of nitrogens with one attached hydrogen (secondary N) is 1. The van der Waals surface area contributed by atoms with Crippen molar-refractivity contribution in [2.75, 3.05) is 11.6 Å². The van der Waals surface area contributed by atoms with Crippen LogP contribution in [0, 0.1) is 11.3 Å². The highest BCUT2D eigenvalue weighted by molar-refractivity contribution is 7.98. The highest BCUT2D eigenvalue weighted by Crippen LogP contribution is 2.21. The van der Waals surface area contributed by atoms with Gasteiger partial charge in [0.15, 0.2) is 0 Å². The molecule has 0 heterocycles. The predicted octanol–water partition coefficient (Wildman–Crippen LogP) is 4.19. The van der Waals surface area contributed by atoms with Gasteiger partial charge in [0, 0.05) is 16.1 Å². The van der Waals surface area contributed by atoms with Gasteiger partial charge in [-0.1, -0.05) is 11.6 Å². The zero-order valence-corrected chi connectivity index (χ0v) is 12.3. The summed E-state index contributed by atoms with van der Waals surface area (Å²) in [4.78, 5) is 13.2. The molecule has 2 rings (SSSR count). The number of halogens is 1. The molecular formula is C15H11ClN2OS. The zero-order chi connectivity index (χ0) is 14.5. The average molecular weight is 303 g/mol. The van der Waals surface area contributed by atoms with Crippen molar-refractivity contribution in [1.29, 1.82) is 5.26 Å². The molecule has 20 heavy (non-hydrogen) atoms. The number of nitrogens with zero attached hydrogens (tertiary/aromatic N) is 1. The van der Waals surface area contributed by atoms with E-state index >= 15 is 0 Å². The van der Waals surface area contributed by atoms with Gasteiger partial charge in [-0.15, -0.1) is 11.8 Å². The first-order valence-corrected chi connectivity index (χ1v) is 7.39. The van der Waals surface area contributed by atoms with Gasteiger partial charge >= 0.3 is 0 Å². The van der Waals surface area contributed by atoms with Crippen molar-refractivity contribution in [2.24, 2.45) is 0 Å². The van der Waals surface area contributed by atoms with Crippen molar-refractivity contribution in [3.63, 3.8) is 0 Å². The highest BCUT2D eigenvalue weighted by atomic mass is 35.5. The summed E-state index contributed by atoms with van der Waals surface area (Å²) in [5.74, 6) is -0.210. The second-order valence-electron chi connectivity index (χ2n) is 3.99. The van der Waals surface area contributed by atoms with Crippen LogP contribution < -0.4 is 5.32 Å². The Balaban J connectivity index is 2.15. The third kappa shape index (κ3) is 3.32. The van der Waals surface area contributed by atoms with Crippen LogP contribution in [0.25, 0.3) is 0 Å². The molecule has 100 valence electrons. The van der Waals surface area contributed by atoms with Crippen molar-refractivity contribution in [1.82, 2.24) is 0 Å². The standard InChI is InChI=1S/C15H11ClN2OS/c1-20-13-6-3-10(4-7-13)15(19)18-12-5-2-11(9-17)14(16)8-12/h2-8H,1H3,(H,18,19). The normalized spacial score (nSPS) is 9.85. The minimum Gasteiger partial charge on any atom is -0.322 e. The summed E-state index contributed by atoms with van der Waals surface area (Å²) in [6.07, 6.45) is 1.98. The molecule has 0 spiro atoms. The number of anilines is 1. The average Bonchev–Trinajstić information content (AvgIpc) is 2.47. The summed E-state index contributed by atoms with van der Waals surface area (Å²) >= 11 is 7.54. The highest BCUT2D eigenvalue weighted by Gasteiger charge is 2.07. The van der Waals surface area contributed by atoms with Gasteiger partial charge in [0.1, 0.15) is 6.07 Å². The fourth-order valence-corrected chi connectivity index (χ4v) is 2.26. The van der Waals surface area contributed by atoms with E-state index in [0.717, 1.165) is 4.90 Å². The van der Waals surface area contributed by atoms with E-state index in [-0.39, 0.29) is 5.91 Å². The molecule has 1 N–H and O–H groups in total. The summed E-state index contributed by atoms with van der Waals surface area (Å²) in [7, 11) is 0. The van der Waals surface area contributed by atoms with Crippen molar-refractivity contribution >= 4 is 35.0 Å². The Morgan fingerprint density at radius 1 is 1.25 bits per heavy atom.